The minimum Gasteiger partial charge on any atom is -0.497 e. The Hall–Kier alpha value is -2.29. The van der Waals surface area contributed by atoms with Crippen molar-refractivity contribution in [1.29, 1.82) is 0 Å². The van der Waals surface area contributed by atoms with Crippen LogP contribution in [0.15, 0.2) is 46.7 Å². The van der Waals surface area contributed by atoms with E-state index < -0.39 is 0 Å². The Kier molecular flexibility index (Phi) is 5.20. The van der Waals surface area contributed by atoms with Crippen molar-refractivity contribution < 1.29 is 9.47 Å². The summed E-state index contributed by atoms with van der Waals surface area (Å²) in [6.45, 7) is 0. The lowest BCUT2D eigenvalue weighted by molar-refractivity contribution is 0.395. The van der Waals surface area contributed by atoms with Crippen molar-refractivity contribution in [3.05, 3.63) is 41.8 Å². The first-order chi connectivity index (χ1) is 13.2. The summed E-state index contributed by atoms with van der Waals surface area (Å²) in [7, 11) is 3.29. The normalized spacial score (nSPS) is 10.9. The molecule has 0 fully saturated rings. The molecule has 0 aliphatic carbocycles. The van der Waals surface area contributed by atoms with Gasteiger partial charge in [-0.15, -0.1) is 23.1 Å². The van der Waals surface area contributed by atoms with Crippen molar-refractivity contribution in [1.82, 2.24) is 9.97 Å². The van der Waals surface area contributed by atoms with Gasteiger partial charge in [-0.3, -0.25) is 0 Å². The number of nitrogens with zero attached hydrogens (tertiary/aromatic N) is 2. The third-order valence-electron chi connectivity index (χ3n) is 4.00. The molecule has 2 aromatic carbocycles. The SMILES string of the molecule is COc1ccc(-c2csc(Nc3nc4c(SC)cccc4s3)n2)c(OC)c1. The highest BCUT2D eigenvalue weighted by Gasteiger charge is 2.13. The van der Waals surface area contributed by atoms with Crippen LogP contribution in [0.1, 0.15) is 0 Å². The third kappa shape index (κ3) is 3.60. The largest absolute Gasteiger partial charge is 0.497 e. The van der Waals surface area contributed by atoms with Crippen molar-refractivity contribution in [2.24, 2.45) is 0 Å². The topological polar surface area (TPSA) is 56.3 Å². The molecule has 0 aliphatic rings. The first-order valence-corrected chi connectivity index (χ1v) is 11.0. The first-order valence-electron chi connectivity index (χ1n) is 8.10. The van der Waals surface area contributed by atoms with Gasteiger partial charge >= 0.3 is 0 Å². The van der Waals surface area contributed by atoms with Crippen LogP contribution in [-0.4, -0.2) is 30.4 Å². The van der Waals surface area contributed by atoms with Gasteiger partial charge in [0.1, 0.15) is 11.5 Å². The van der Waals surface area contributed by atoms with Crippen molar-refractivity contribution in [3.63, 3.8) is 0 Å². The monoisotopic (exact) mass is 415 g/mol. The zero-order chi connectivity index (χ0) is 18.8. The number of thiazole rings is 2. The molecule has 27 heavy (non-hydrogen) atoms. The summed E-state index contributed by atoms with van der Waals surface area (Å²) in [5, 5.41) is 6.98. The zero-order valence-electron chi connectivity index (χ0n) is 15.0. The molecule has 5 nitrogen and oxygen atoms in total. The van der Waals surface area contributed by atoms with Crippen LogP contribution in [-0.2, 0) is 0 Å². The third-order valence-corrected chi connectivity index (χ3v) is 6.47. The van der Waals surface area contributed by atoms with Gasteiger partial charge < -0.3 is 14.8 Å². The number of nitrogens with one attached hydrogen (secondary N) is 1. The number of fused-ring (bicyclic) bond motifs is 1. The minimum atomic E-state index is 0.732. The van der Waals surface area contributed by atoms with E-state index in [-0.39, 0.29) is 0 Å². The van der Waals surface area contributed by atoms with Crippen LogP contribution in [0.4, 0.5) is 10.3 Å². The number of thioether (sulfide) groups is 1. The summed E-state index contributed by atoms with van der Waals surface area (Å²) < 4.78 is 11.9. The number of ether oxygens (including phenoxy) is 2. The second-order valence-electron chi connectivity index (χ2n) is 5.56. The summed E-state index contributed by atoms with van der Waals surface area (Å²) in [6, 6.07) is 12.0. The highest BCUT2D eigenvalue weighted by atomic mass is 32.2. The van der Waals surface area contributed by atoms with E-state index in [0.717, 1.165) is 43.2 Å². The molecule has 2 heterocycles. The Bertz CT molecular complexity index is 1090. The molecule has 0 radical (unpaired) electrons. The van der Waals surface area contributed by atoms with Crippen LogP contribution in [0.25, 0.3) is 21.5 Å². The van der Waals surface area contributed by atoms with Crippen LogP contribution >= 0.6 is 34.4 Å². The van der Waals surface area contributed by atoms with Gasteiger partial charge in [-0.05, 0) is 30.5 Å². The number of para-hydroxylation sites is 1. The summed E-state index contributed by atoms with van der Waals surface area (Å²) in [4.78, 5) is 10.6. The second-order valence-corrected chi connectivity index (χ2v) is 8.29. The molecule has 0 saturated heterocycles. The summed E-state index contributed by atoms with van der Waals surface area (Å²) >= 11 is 4.88. The van der Waals surface area contributed by atoms with E-state index >= 15 is 0 Å². The van der Waals surface area contributed by atoms with Crippen LogP contribution < -0.4 is 14.8 Å². The predicted octanol–water partition coefficient (Wildman–Crippen LogP) is 5.90. The number of anilines is 2. The van der Waals surface area contributed by atoms with E-state index in [1.54, 1.807) is 48.7 Å². The molecule has 138 valence electrons. The number of benzene rings is 2. The Morgan fingerprint density at radius 1 is 1.04 bits per heavy atom. The highest BCUT2D eigenvalue weighted by molar-refractivity contribution is 7.98. The highest BCUT2D eigenvalue weighted by Crippen LogP contribution is 2.37. The van der Waals surface area contributed by atoms with Crippen molar-refractivity contribution in [3.8, 4) is 22.8 Å². The summed E-state index contributed by atoms with van der Waals surface area (Å²) in [6.07, 6.45) is 2.07. The van der Waals surface area contributed by atoms with Gasteiger partial charge in [0.25, 0.3) is 0 Å². The maximum Gasteiger partial charge on any atom is 0.190 e. The molecular formula is C19H17N3O2S3. The van der Waals surface area contributed by atoms with Crippen LogP contribution in [0, 0.1) is 0 Å². The van der Waals surface area contributed by atoms with Gasteiger partial charge in [0, 0.05) is 21.9 Å². The van der Waals surface area contributed by atoms with Crippen LogP contribution in [0.5, 0.6) is 11.5 Å². The van der Waals surface area contributed by atoms with Crippen LogP contribution in [0.2, 0.25) is 0 Å². The van der Waals surface area contributed by atoms with Gasteiger partial charge in [0.15, 0.2) is 10.3 Å². The fraction of sp³-hybridized carbons (Fsp3) is 0.158. The molecule has 0 atom stereocenters. The number of methoxy groups -OCH3 is 2. The molecule has 0 spiro atoms. The van der Waals surface area contributed by atoms with Gasteiger partial charge in [0.2, 0.25) is 0 Å². The molecule has 0 unspecified atom stereocenters. The summed E-state index contributed by atoms with van der Waals surface area (Å²) in [5.74, 6) is 1.49. The molecular weight excluding hydrogens is 398 g/mol. The lowest BCUT2D eigenvalue weighted by Gasteiger charge is -2.08. The molecule has 0 bridgehead atoms. The Morgan fingerprint density at radius 3 is 2.70 bits per heavy atom. The lowest BCUT2D eigenvalue weighted by Crippen LogP contribution is -1.92. The molecule has 0 amide bonds. The quantitative estimate of drug-likeness (QED) is 0.396. The Morgan fingerprint density at radius 2 is 1.93 bits per heavy atom. The Labute approximate surface area is 169 Å². The molecule has 0 aliphatic heterocycles. The van der Waals surface area contributed by atoms with E-state index in [1.165, 1.54) is 4.90 Å². The molecule has 4 aromatic rings. The molecule has 2 aromatic heterocycles. The van der Waals surface area contributed by atoms with Gasteiger partial charge in [-0.1, -0.05) is 17.4 Å². The molecule has 0 saturated carbocycles. The fourth-order valence-electron chi connectivity index (χ4n) is 2.70. The van der Waals surface area contributed by atoms with E-state index in [2.05, 4.69) is 29.8 Å². The minimum absolute atomic E-state index is 0.732. The second kappa shape index (κ2) is 7.75. The predicted molar refractivity (Wildman–Crippen MR) is 115 cm³/mol. The van der Waals surface area contributed by atoms with Crippen molar-refractivity contribution >= 4 is 54.9 Å². The van der Waals surface area contributed by atoms with Gasteiger partial charge in [0.05, 0.1) is 30.1 Å². The smallest absolute Gasteiger partial charge is 0.190 e. The average Bonchev–Trinajstić information content (AvgIpc) is 3.33. The maximum absolute atomic E-state index is 5.49. The molecule has 4 rings (SSSR count). The van der Waals surface area contributed by atoms with Gasteiger partial charge in [-0.2, -0.15) is 0 Å². The van der Waals surface area contributed by atoms with Crippen molar-refractivity contribution in [2.45, 2.75) is 4.90 Å². The summed E-state index contributed by atoms with van der Waals surface area (Å²) in [5.41, 5.74) is 2.82. The number of hydrogen-bond donors (Lipinski definition) is 1. The Balaban J connectivity index is 1.62. The van der Waals surface area contributed by atoms with E-state index in [9.17, 15) is 0 Å². The average molecular weight is 416 g/mol. The number of rotatable bonds is 6. The maximum atomic E-state index is 5.49. The lowest BCUT2D eigenvalue weighted by atomic mass is 10.1. The van der Waals surface area contributed by atoms with Crippen molar-refractivity contribution in [2.75, 3.05) is 25.8 Å². The van der Waals surface area contributed by atoms with E-state index in [0.29, 0.717) is 0 Å². The van der Waals surface area contributed by atoms with Gasteiger partial charge in [-0.25, -0.2) is 9.97 Å². The first kappa shape index (κ1) is 18.1. The number of aromatic nitrogens is 2. The fourth-order valence-corrected chi connectivity index (χ4v) is 4.99. The molecule has 8 heteroatoms. The van der Waals surface area contributed by atoms with E-state index in [4.69, 9.17) is 19.4 Å². The van der Waals surface area contributed by atoms with Crippen LogP contribution in [0.3, 0.4) is 0 Å². The molecule has 1 N–H and O–H groups in total. The standard InChI is InChI=1S/C19H17N3O2S3/c1-23-11-7-8-12(14(9-11)24-2)13-10-26-18(20-13)22-19-21-17-15(25-3)5-4-6-16(17)27-19/h4-10H,1-3H3,(H,20,21,22). The van der Waals surface area contributed by atoms with E-state index in [1.807, 2.05) is 23.6 Å². The number of hydrogen-bond acceptors (Lipinski definition) is 8. The zero-order valence-corrected chi connectivity index (χ0v) is 17.4.